The van der Waals surface area contributed by atoms with Crippen LogP contribution in [0.25, 0.3) is 5.69 Å². The van der Waals surface area contributed by atoms with Crippen molar-refractivity contribution >= 4 is 12.2 Å². The molecule has 3 aromatic rings. The van der Waals surface area contributed by atoms with Crippen molar-refractivity contribution in [1.29, 1.82) is 0 Å². The van der Waals surface area contributed by atoms with Crippen LogP contribution in [-0.2, 0) is 13.5 Å². The van der Waals surface area contributed by atoms with Gasteiger partial charge in [0.25, 0.3) is 5.56 Å². The van der Waals surface area contributed by atoms with Crippen molar-refractivity contribution < 1.29 is 24.2 Å². The Morgan fingerprint density at radius 3 is 2.69 bits per heavy atom. The van der Waals surface area contributed by atoms with Crippen molar-refractivity contribution in [2.24, 2.45) is 7.05 Å². The molecule has 0 bridgehead atoms. The molecule has 2 aliphatic heterocycles. The van der Waals surface area contributed by atoms with E-state index in [-0.39, 0.29) is 28.6 Å². The number of quaternary nitrogens is 1. The lowest BCUT2D eigenvalue weighted by molar-refractivity contribution is -0.908. The van der Waals surface area contributed by atoms with Crippen LogP contribution in [-0.4, -0.2) is 41.7 Å². The van der Waals surface area contributed by atoms with Gasteiger partial charge in [0.05, 0.1) is 32.0 Å². The molecule has 166 valence electrons. The summed E-state index contributed by atoms with van der Waals surface area (Å²) in [4.78, 5) is 14.9. The lowest BCUT2D eigenvalue weighted by Gasteiger charge is -2.33. The number of fused-ring (bicyclic) bond motifs is 2. The summed E-state index contributed by atoms with van der Waals surface area (Å²) in [7, 11) is 5.24. The molecular formula is C23H24N3O5S+. The van der Waals surface area contributed by atoms with Crippen LogP contribution in [0, 0.1) is 4.77 Å². The molecule has 0 saturated heterocycles. The van der Waals surface area contributed by atoms with Crippen LogP contribution in [0.2, 0.25) is 0 Å². The van der Waals surface area contributed by atoms with Crippen LogP contribution in [0.15, 0.2) is 41.2 Å². The Morgan fingerprint density at radius 1 is 1.22 bits per heavy atom. The second-order valence-electron chi connectivity index (χ2n) is 8.05. The number of methoxy groups -OCH3 is 1. The topological polar surface area (TPSA) is 79.3 Å². The van der Waals surface area contributed by atoms with Gasteiger partial charge in [-0.2, -0.15) is 0 Å². The number of nitrogens with zero attached hydrogens (tertiary/aromatic N) is 2. The van der Waals surface area contributed by atoms with Gasteiger partial charge in [-0.1, -0.05) is 18.2 Å². The van der Waals surface area contributed by atoms with E-state index in [4.69, 9.17) is 26.4 Å². The largest absolute Gasteiger partial charge is 0.494 e. The first-order valence-electron chi connectivity index (χ1n) is 10.4. The molecule has 2 N–H and O–H groups in total. The first-order chi connectivity index (χ1) is 15.4. The lowest BCUT2D eigenvalue weighted by Crippen LogP contribution is -3.10. The van der Waals surface area contributed by atoms with Crippen LogP contribution in [0.3, 0.4) is 0 Å². The van der Waals surface area contributed by atoms with Crippen LogP contribution in [0.1, 0.15) is 22.7 Å². The Kier molecular flexibility index (Phi) is 4.94. The van der Waals surface area contributed by atoms with Gasteiger partial charge in [-0.25, -0.2) is 0 Å². The Labute approximate surface area is 189 Å². The van der Waals surface area contributed by atoms with Crippen molar-refractivity contribution in [2.45, 2.75) is 12.5 Å². The van der Waals surface area contributed by atoms with Crippen LogP contribution >= 0.6 is 12.2 Å². The maximum atomic E-state index is 13.9. The molecule has 8 nitrogen and oxygen atoms in total. The third-order valence-electron chi connectivity index (χ3n) is 6.29. The number of likely N-dealkylation sites (N-methyl/N-ethyl adjacent to an activating group) is 1. The maximum absolute atomic E-state index is 13.9. The highest BCUT2D eigenvalue weighted by atomic mass is 32.1. The molecule has 2 atom stereocenters. The molecule has 0 saturated carbocycles. The quantitative estimate of drug-likeness (QED) is 0.584. The SMILES string of the molecule is COc1c2c(cc3c1[C@H](c1c(O)n(C)c(=S)n(-c4ccccc4)c1=O)[NH+](C)CC3)OCO2. The molecule has 0 fully saturated rings. The Bertz CT molecular complexity index is 1330. The smallest absolute Gasteiger partial charge is 0.272 e. The van der Waals surface area contributed by atoms with Gasteiger partial charge in [0.1, 0.15) is 5.56 Å². The highest BCUT2D eigenvalue weighted by Crippen LogP contribution is 2.48. The zero-order valence-electron chi connectivity index (χ0n) is 18.0. The summed E-state index contributed by atoms with van der Waals surface area (Å²) in [6.45, 7) is 0.887. The van der Waals surface area contributed by atoms with E-state index in [1.807, 2.05) is 43.4 Å². The van der Waals surface area contributed by atoms with E-state index in [2.05, 4.69) is 0 Å². The zero-order chi connectivity index (χ0) is 22.6. The fourth-order valence-electron chi connectivity index (χ4n) is 4.70. The molecule has 0 aliphatic carbocycles. The summed E-state index contributed by atoms with van der Waals surface area (Å²) >= 11 is 5.53. The van der Waals surface area contributed by atoms with Gasteiger partial charge >= 0.3 is 0 Å². The highest BCUT2D eigenvalue weighted by molar-refractivity contribution is 7.71. The summed E-state index contributed by atoms with van der Waals surface area (Å²) in [6.07, 6.45) is 0.781. The number of nitrogens with one attached hydrogen (secondary N) is 1. The molecule has 5 rings (SSSR count). The first-order valence-corrected chi connectivity index (χ1v) is 10.8. The number of rotatable bonds is 3. The number of para-hydroxylation sites is 1. The summed E-state index contributed by atoms with van der Waals surface area (Å²) in [6, 6.07) is 10.7. The number of aromatic nitrogens is 2. The number of benzene rings is 2. The van der Waals surface area contributed by atoms with Gasteiger partial charge in [0.15, 0.2) is 22.3 Å². The third-order valence-corrected chi connectivity index (χ3v) is 6.75. The monoisotopic (exact) mass is 454 g/mol. The van der Waals surface area contributed by atoms with E-state index in [0.29, 0.717) is 22.9 Å². The minimum atomic E-state index is -0.479. The molecule has 0 amide bonds. The zero-order valence-corrected chi connectivity index (χ0v) is 18.9. The molecule has 0 radical (unpaired) electrons. The molecular weight excluding hydrogens is 430 g/mol. The second kappa shape index (κ2) is 7.68. The maximum Gasteiger partial charge on any atom is 0.272 e. The summed E-state index contributed by atoms with van der Waals surface area (Å²) in [5, 5.41) is 11.2. The van der Waals surface area contributed by atoms with E-state index in [9.17, 15) is 9.90 Å². The fourth-order valence-corrected chi connectivity index (χ4v) is 4.97. The van der Waals surface area contributed by atoms with Crippen LogP contribution in [0.5, 0.6) is 23.1 Å². The van der Waals surface area contributed by atoms with Gasteiger partial charge < -0.3 is 24.2 Å². The van der Waals surface area contributed by atoms with Crippen molar-refractivity contribution in [3.8, 4) is 28.8 Å². The average molecular weight is 455 g/mol. The summed E-state index contributed by atoms with van der Waals surface area (Å²) < 4.78 is 20.2. The third kappa shape index (κ3) is 2.92. The van der Waals surface area contributed by atoms with Gasteiger partial charge in [-0.05, 0) is 36.0 Å². The van der Waals surface area contributed by atoms with Crippen LogP contribution in [0.4, 0.5) is 0 Å². The van der Waals surface area contributed by atoms with Crippen molar-refractivity contribution in [3.63, 3.8) is 0 Å². The Balaban J connectivity index is 1.83. The van der Waals surface area contributed by atoms with E-state index in [1.165, 1.54) is 9.13 Å². The number of hydrogen-bond acceptors (Lipinski definition) is 6. The van der Waals surface area contributed by atoms with Gasteiger partial charge in [-0.3, -0.25) is 13.9 Å². The minimum Gasteiger partial charge on any atom is -0.494 e. The minimum absolute atomic E-state index is 0.119. The second-order valence-corrected chi connectivity index (χ2v) is 8.42. The van der Waals surface area contributed by atoms with Crippen molar-refractivity contribution in [1.82, 2.24) is 9.13 Å². The molecule has 9 heteroatoms. The van der Waals surface area contributed by atoms with E-state index < -0.39 is 6.04 Å². The first kappa shape index (κ1) is 20.6. The Morgan fingerprint density at radius 2 is 1.97 bits per heavy atom. The number of hydrogen-bond donors (Lipinski definition) is 2. The van der Waals surface area contributed by atoms with Crippen molar-refractivity contribution in [2.75, 3.05) is 27.5 Å². The number of ether oxygens (including phenoxy) is 3. The molecule has 32 heavy (non-hydrogen) atoms. The van der Waals surface area contributed by atoms with Crippen molar-refractivity contribution in [3.05, 3.63) is 68.2 Å². The highest BCUT2D eigenvalue weighted by Gasteiger charge is 2.41. The Hall–Kier alpha value is -3.30. The van der Waals surface area contributed by atoms with Gasteiger partial charge in [0.2, 0.25) is 18.4 Å². The predicted octanol–water partition coefficient (Wildman–Crippen LogP) is 1.51. The lowest BCUT2D eigenvalue weighted by atomic mass is 9.87. The summed E-state index contributed by atoms with van der Waals surface area (Å²) in [5.74, 6) is 1.55. The molecule has 2 aromatic carbocycles. The molecule has 2 aliphatic rings. The van der Waals surface area contributed by atoms with Gasteiger partial charge in [-0.15, -0.1) is 0 Å². The molecule has 3 heterocycles. The predicted molar refractivity (Wildman–Crippen MR) is 120 cm³/mol. The van der Waals surface area contributed by atoms with E-state index in [0.717, 1.165) is 29.0 Å². The average Bonchev–Trinajstić information content (AvgIpc) is 3.27. The molecule has 1 unspecified atom stereocenters. The van der Waals surface area contributed by atoms with Gasteiger partial charge in [0, 0.05) is 13.5 Å². The molecule has 1 aromatic heterocycles. The van der Waals surface area contributed by atoms with Crippen LogP contribution < -0.4 is 24.7 Å². The molecule has 0 spiro atoms. The van der Waals surface area contributed by atoms with E-state index >= 15 is 0 Å². The normalized spacial score (nSPS) is 19.0. The standard InChI is InChI=1S/C23H23N3O5S/c1-24-10-9-13-11-15-19(31-12-30-15)20(29-3)16(13)18(24)17-21(27)25(2)23(32)26(22(17)28)14-7-5-4-6-8-14/h4-8,11,18,27H,9-10,12H2,1-3H3/p+1/t18-/m1/s1. The summed E-state index contributed by atoms with van der Waals surface area (Å²) in [5.41, 5.74) is 2.39. The fraction of sp³-hybridized carbons (Fsp3) is 0.304. The number of aromatic hydroxyl groups is 1. The van der Waals surface area contributed by atoms with E-state index in [1.54, 1.807) is 14.2 Å².